The van der Waals surface area contributed by atoms with E-state index in [-0.39, 0.29) is 6.04 Å². The van der Waals surface area contributed by atoms with Crippen LogP contribution in [-0.2, 0) is 14.3 Å². The lowest BCUT2D eigenvalue weighted by Gasteiger charge is -2.31. The number of likely N-dealkylation sites (N-methyl/N-ethyl adjacent to an activating group) is 1. The summed E-state index contributed by atoms with van der Waals surface area (Å²) >= 11 is 0. The normalized spacial score (nSPS) is 16.1. The molecule has 1 aromatic carbocycles. The molecule has 0 amide bonds. The van der Waals surface area contributed by atoms with E-state index in [0.29, 0.717) is 23.5 Å². The van der Waals surface area contributed by atoms with E-state index in [4.69, 9.17) is 13.9 Å². The summed E-state index contributed by atoms with van der Waals surface area (Å²) < 4.78 is 16.1. The first-order valence-electron chi connectivity index (χ1n) is 8.97. The van der Waals surface area contributed by atoms with Crippen LogP contribution in [0.4, 0.5) is 5.69 Å². The maximum absolute atomic E-state index is 12.1. The fourth-order valence-electron chi connectivity index (χ4n) is 3.14. The topological polar surface area (TPSA) is 69.0 Å². The van der Waals surface area contributed by atoms with E-state index in [0.717, 1.165) is 16.6 Å². The van der Waals surface area contributed by atoms with Crippen molar-refractivity contribution >= 4 is 22.6 Å². The number of benzene rings is 1. The van der Waals surface area contributed by atoms with Crippen LogP contribution in [0.2, 0.25) is 0 Å². The summed E-state index contributed by atoms with van der Waals surface area (Å²) in [5.74, 6) is 0.529. The molecular formula is C22H23NO5. The van der Waals surface area contributed by atoms with Crippen molar-refractivity contribution in [3.63, 3.8) is 0 Å². The molecule has 0 aliphatic heterocycles. The van der Waals surface area contributed by atoms with Gasteiger partial charge in [0.15, 0.2) is 11.5 Å². The number of ether oxygens (including phenoxy) is 2. The molecule has 0 spiro atoms. The van der Waals surface area contributed by atoms with Gasteiger partial charge in [0.05, 0.1) is 18.8 Å². The van der Waals surface area contributed by atoms with Crippen LogP contribution >= 0.6 is 0 Å². The Bertz CT molecular complexity index is 1040. The van der Waals surface area contributed by atoms with Crippen molar-refractivity contribution in [2.75, 3.05) is 19.1 Å². The monoisotopic (exact) mass is 381 g/mol. The van der Waals surface area contributed by atoms with Crippen molar-refractivity contribution in [2.45, 2.75) is 26.3 Å². The molecule has 3 rings (SSSR count). The molecule has 1 atom stereocenters. The van der Waals surface area contributed by atoms with E-state index >= 15 is 0 Å². The molecule has 0 bridgehead atoms. The summed E-state index contributed by atoms with van der Waals surface area (Å²) in [4.78, 5) is 26.0. The minimum atomic E-state index is -0.438. The minimum absolute atomic E-state index is 0.126. The molecule has 1 aliphatic carbocycles. The second-order valence-electron chi connectivity index (χ2n) is 6.82. The SMILES string of the molecule is COC1=C(OC(=O)C=C(C)C)CC(N(C)c2cc(=O)oc3ccccc23)C=C1. The first kappa shape index (κ1) is 19.5. The Hall–Kier alpha value is -3.28. The number of allylic oxidation sites excluding steroid dienone is 2. The molecule has 1 aromatic heterocycles. The molecule has 1 aliphatic rings. The summed E-state index contributed by atoms with van der Waals surface area (Å²) in [7, 11) is 3.43. The fraction of sp³-hybridized carbons (Fsp3) is 0.273. The van der Waals surface area contributed by atoms with Crippen LogP contribution in [-0.4, -0.2) is 26.2 Å². The zero-order chi connectivity index (χ0) is 20.3. The summed E-state index contributed by atoms with van der Waals surface area (Å²) in [5.41, 5.74) is 1.72. The Balaban J connectivity index is 1.91. The van der Waals surface area contributed by atoms with Gasteiger partial charge in [0.1, 0.15) is 5.58 Å². The summed E-state index contributed by atoms with van der Waals surface area (Å²) in [5, 5.41) is 0.836. The molecule has 0 fully saturated rings. The van der Waals surface area contributed by atoms with Crippen LogP contribution in [0, 0.1) is 0 Å². The summed E-state index contributed by atoms with van der Waals surface area (Å²) in [6, 6.07) is 8.73. The van der Waals surface area contributed by atoms with Crippen LogP contribution in [0.25, 0.3) is 11.0 Å². The minimum Gasteiger partial charge on any atom is -0.493 e. The molecule has 0 N–H and O–H groups in total. The van der Waals surface area contributed by atoms with E-state index in [1.54, 1.807) is 12.1 Å². The number of esters is 1. The molecule has 28 heavy (non-hydrogen) atoms. The molecule has 6 heteroatoms. The van der Waals surface area contributed by atoms with Gasteiger partial charge in [0.25, 0.3) is 0 Å². The smallest absolute Gasteiger partial charge is 0.338 e. The average molecular weight is 381 g/mol. The van der Waals surface area contributed by atoms with Gasteiger partial charge in [-0.25, -0.2) is 9.59 Å². The van der Waals surface area contributed by atoms with Gasteiger partial charge in [-0.15, -0.1) is 0 Å². The highest BCUT2D eigenvalue weighted by Crippen LogP contribution is 2.30. The zero-order valence-electron chi connectivity index (χ0n) is 16.4. The van der Waals surface area contributed by atoms with Crippen molar-refractivity contribution in [1.29, 1.82) is 0 Å². The van der Waals surface area contributed by atoms with Crippen LogP contribution in [0.15, 0.2) is 74.9 Å². The second-order valence-corrected chi connectivity index (χ2v) is 6.82. The van der Waals surface area contributed by atoms with Gasteiger partial charge in [-0.2, -0.15) is 0 Å². The predicted octanol–water partition coefficient (Wildman–Crippen LogP) is 3.93. The lowest BCUT2D eigenvalue weighted by molar-refractivity contribution is -0.134. The van der Waals surface area contributed by atoms with E-state index in [1.807, 2.05) is 50.1 Å². The van der Waals surface area contributed by atoms with Gasteiger partial charge < -0.3 is 18.8 Å². The van der Waals surface area contributed by atoms with Gasteiger partial charge in [0, 0.05) is 31.0 Å². The van der Waals surface area contributed by atoms with E-state index in [1.165, 1.54) is 19.3 Å². The molecule has 1 heterocycles. The highest BCUT2D eigenvalue weighted by molar-refractivity contribution is 5.90. The summed E-state index contributed by atoms with van der Waals surface area (Å²) in [6.07, 6.45) is 5.60. The molecule has 6 nitrogen and oxygen atoms in total. The van der Waals surface area contributed by atoms with Crippen LogP contribution in [0.1, 0.15) is 20.3 Å². The first-order chi connectivity index (χ1) is 13.4. The van der Waals surface area contributed by atoms with Gasteiger partial charge in [0.2, 0.25) is 0 Å². The number of hydrogen-bond donors (Lipinski definition) is 0. The van der Waals surface area contributed by atoms with E-state index in [2.05, 4.69) is 0 Å². The van der Waals surface area contributed by atoms with Crippen molar-refractivity contribution in [3.05, 3.63) is 76.1 Å². The first-order valence-corrected chi connectivity index (χ1v) is 8.97. The zero-order valence-corrected chi connectivity index (χ0v) is 16.4. The Labute approximate surface area is 163 Å². The number of fused-ring (bicyclic) bond motifs is 1. The molecule has 2 aromatic rings. The predicted molar refractivity (Wildman–Crippen MR) is 108 cm³/mol. The largest absolute Gasteiger partial charge is 0.493 e. The van der Waals surface area contributed by atoms with Crippen LogP contribution in [0.5, 0.6) is 0 Å². The van der Waals surface area contributed by atoms with Crippen molar-refractivity contribution in [3.8, 4) is 0 Å². The van der Waals surface area contributed by atoms with Crippen LogP contribution in [0.3, 0.4) is 0 Å². The van der Waals surface area contributed by atoms with Gasteiger partial charge >= 0.3 is 11.6 Å². The molecule has 0 saturated carbocycles. The third-order valence-electron chi connectivity index (χ3n) is 4.49. The van der Waals surface area contributed by atoms with Gasteiger partial charge in [-0.05, 0) is 32.1 Å². The van der Waals surface area contributed by atoms with Crippen LogP contribution < -0.4 is 10.5 Å². The number of methoxy groups -OCH3 is 1. The lowest BCUT2D eigenvalue weighted by atomic mass is 10.0. The van der Waals surface area contributed by atoms with Crippen molar-refractivity contribution in [1.82, 2.24) is 0 Å². The average Bonchev–Trinajstić information content (AvgIpc) is 2.66. The third kappa shape index (κ3) is 4.17. The Kier molecular flexibility index (Phi) is 5.68. The maximum Gasteiger partial charge on any atom is 0.338 e. The fourth-order valence-corrected chi connectivity index (χ4v) is 3.14. The maximum atomic E-state index is 12.1. The lowest BCUT2D eigenvalue weighted by Crippen LogP contribution is -2.33. The molecule has 146 valence electrons. The number of hydrogen-bond acceptors (Lipinski definition) is 6. The number of carbonyl (C=O) groups excluding carboxylic acids is 1. The number of nitrogens with zero attached hydrogens (tertiary/aromatic N) is 1. The highest BCUT2D eigenvalue weighted by atomic mass is 16.6. The third-order valence-corrected chi connectivity index (χ3v) is 4.49. The second kappa shape index (κ2) is 8.17. The van der Waals surface area contributed by atoms with E-state index in [9.17, 15) is 9.59 Å². The molecule has 1 unspecified atom stereocenters. The Morgan fingerprint density at radius 2 is 2.04 bits per heavy atom. The molecular weight excluding hydrogens is 358 g/mol. The van der Waals surface area contributed by atoms with E-state index < -0.39 is 11.6 Å². The Morgan fingerprint density at radius 1 is 1.29 bits per heavy atom. The van der Waals surface area contributed by atoms with Gasteiger partial charge in [-0.1, -0.05) is 23.8 Å². The standard InChI is InChI=1S/C22H23NO5/c1-14(2)11-21(24)28-20-12-15(9-10-19(20)26-4)23(3)17-13-22(25)27-18-8-6-5-7-16(17)18/h5-11,13,15H,12H2,1-4H3. The highest BCUT2D eigenvalue weighted by Gasteiger charge is 2.25. The molecule has 0 saturated heterocycles. The number of rotatable bonds is 5. The summed E-state index contributed by atoms with van der Waals surface area (Å²) in [6.45, 7) is 3.66. The number of para-hydroxylation sites is 1. The van der Waals surface area contributed by atoms with Gasteiger partial charge in [-0.3, -0.25) is 0 Å². The Morgan fingerprint density at radius 3 is 2.75 bits per heavy atom. The molecule has 0 radical (unpaired) electrons. The number of anilines is 1. The number of carbonyl (C=O) groups is 1. The van der Waals surface area contributed by atoms with Crippen molar-refractivity contribution < 1.29 is 18.7 Å². The van der Waals surface area contributed by atoms with Crippen molar-refractivity contribution in [2.24, 2.45) is 0 Å². The quantitative estimate of drug-likeness (QED) is 0.444.